The van der Waals surface area contributed by atoms with Crippen LogP contribution in [0.5, 0.6) is 0 Å². The van der Waals surface area contributed by atoms with E-state index >= 15 is 0 Å². The zero-order valence-electron chi connectivity index (χ0n) is 17.7. The van der Waals surface area contributed by atoms with E-state index in [1.165, 1.54) is 20.8 Å². The maximum absolute atomic E-state index is 12.8. The standard InChI is InChI=1S/C22H22ClN5O4/c1-14-15(20(23)25(2)24-14)8-9-18(29)27-11-5-12-28(27)19(30)10-13-26-21(31)16-6-3-4-7-17(16)22(26)32/h3-4,6-9H,5,10-13H2,1-2H3. The van der Waals surface area contributed by atoms with Crippen LogP contribution in [0.15, 0.2) is 30.3 Å². The molecule has 0 N–H and O–H groups in total. The van der Waals surface area contributed by atoms with Crippen LogP contribution in [0.2, 0.25) is 5.15 Å². The van der Waals surface area contributed by atoms with Crippen molar-refractivity contribution in [3.05, 3.63) is 57.9 Å². The van der Waals surface area contributed by atoms with E-state index in [4.69, 9.17) is 11.6 Å². The Morgan fingerprint density at radius 1 is 1.09 bits per heavy atom. The van der Waals surface area contributed by atoms with Gasteiger partial charge in [-0.15, -0.1) is 0 Å². The van der Waals surface area contributed by atoms with E-state index in [0.29, 0.717) is 47.0 Å². The van der Waals surface area contributed by atoms with Gasteiger partial charge in [0, 0.05) is 44.7 Å². The van der Waals surface area contributed by atoms with Crippen LogP contribution in [0, 0.1) is 6.92 Å². The third kappa shape index (κ3) is 3.80. The molecule has 0 spiro atoms. The number of hydrogen-bond acceptors (Lipinski definition) is 5. The quantitative estimate of drug-likeness (QED) is 0.508. The first-order valence-corrected chi connectivity index (χ1v) is 10.6. The molecule has 2 aliphatic heterocycles. The Morgan fingerprint density at radius 3 is 2.31 bits per heavy atom. The minimum absolute atomic E-state index is 0.0377. The molecule has 0 aliphatic carbocycles. The van der Waals surface area contributed by atoms with Gasteiger partial charge in [-0.3, -0.25) is 33.8 Å². The lowest BCUT2D eigenvalue weighted by molar-refractivity contribution is -0.154. The Morgan fingerprint density at radius 2 is 1.72 bits per heavy atom. The Balaban J connectivity index is 1.40. The summed E-state index contributed by atoms with van der Waals surface area (Å²) >= 11 is 6.20. The summed E-state index contributed by atoms with van der Waals surface area (Å²) in [5.74, 6) is -1.48. The number of rotatable bonds is 5. The van der Waals surface area contributed by atoms with E-state index < -0.39 is 11.8 Å². The molecule has 2 aromatic rings. The number of fused-ring (bicyclic) bond motifs is 1. The molecule has 0 saturated carbocycles. The highest BCUT2D eigenvalue weighted by Gasteiger charge is 2.36. The largest absolute Gasteiger partial charge is 0.274 e. The average molecular weight is 456 g/mol. The monoisotopic (exact) mass is 455 g/mol. The molecular weight excluding hydrogens is 434 g/mol. The zero-order valence-corrected chi connectivity index (χ0v) is 18.5. The summed E-state index contributed by atoms with van der Waals surface area (Å²) in [5.41, 5.74) is 2.02. The van der Waals surface area contributed by atoms with Gasteiger partial charge in [0.1, 0.15) is 5.15 Å². The highest BCUT2D eigenvalue weighted by Crippen LogP contribution is 2.23. The fraction of sp³-hybridized carbons (Fsp3) is 0.318. The average Bonchev–Trinajstić information content (AvgIpc) is 3.43. The number of amides is 4. The fourth-order valence-corrected chi connectivity index (χ4v) is 4.19. The molecule has 1 fully saturated rings. The molecule has 0 bridgehead atoms. The normalized spacial score (nSPS) is 15.9. The molecule has 9 nitrogen and oxygen atoms in total. The van der Waals surface area contributed by atoms with E-state index in [0.717, 1.165) is 4.90 Å². The SMILES string of the molecule is Cc1nn(C)c(Cl)c1C=CC(=O)N1CCCN1C(=O)CCN1C(=O)c2ccccc2C1=O. The third-order valence-corrected chi connectivity index (χ3v) is 6.04. The van der Waals surface area contributed by atoms with Gasteiger partial charge in [-0.05, 0) is 31.6 Å². The van der Waals surface area contributed by atoms with Crippen molar-refractivity contribution < 1.29 is 19.2 Å². The lowest BCUT2D eigenvalue weighted by Crippen LogP contribution is -2.45. The maximum atomic E-state index is 12.8. The molecule has 0 radical (unpaired) electrons. The molecule has 1 aromatic heterocycles. The number of carbonyl (C=O) groups excluding carboxylic acids is 4. The summed E-state index contributed by atoms with van der Waals surface area (Å²) in [6, 6.07) is 6.59. The number of benzene rings is 1. The number of hydrogen-bond donors (Lipinski definition) is 0. The highest BCUT2D eigenvalue weighted by atomic mass is 35.5. The summed E-state index contributed by atoms with van der Waals surface area (Å²) in [6.07, 6.45) is 3.54. The van der Waals surface area contributed by atoms with E-state index in [-0.39, 0.29) is 24.8 Å². The van der Waals surface area contributed by atoms with Crippen LogP contribution in [-0.4, -0.2) is 68.0 Å². The lowest BCUT2D eigenvalue weighted by Gasteiger charge is -2.27. The molecule has 0 unspecified atom stereocenters. The van der Waals surface area contributed by atoms with Gasteiger partial charge in [0.15, 0.2) is 0 Å². The van der Waals surface area contributed by atoms with Crippen LogP contribution in [0.4, 0.5) is 0 Å². The molecule has 4 rings (SSSR count). The van der Waals surface area contributed by atoms with Crippen molar-refractivity contribution in [3.8, 4) is 0 Å². The van der Waals surface area contributed by atoms with Crippen molar-refractivity contribution in [2.45, 2.75) is 19.8 Å². The van der Waals surface area contributed by atoms with Gasteiger partial charge in [0.2, 0.25) is 5.91 Å². The molecule has 1 saturated heterocycles. The number of halogens is 1. The summed E-state index contributed by atoms with van der Waals surface area (Å²) in [7, 11) is 1.71. The van der Waals surface area contributed by atoms with Crippen molar-refractivity contribution in [1.82, 2.24) is 24.7 Å². The highest BCUT2D eigenvalue weighted by molar-refractivity contribution is 6.31. The van der Waals surface area contributed by atoms with Crippen LogP contribution < -0.4 is 0 Å². The van der Waals surface area contributed by atoms with E-state index in [2.05, 4.69) is 5.10 Å². The van der Waals surface area contributed by atoms with Crippen molar-refractivity contribution in [2.24, 2.45) is 7.05 Å². The van der Waals surface area contributed by atoms with Gasteiger partial charge in [-0.25, -0.2) is 5.01 Å². The summed E-state index contributed by atoms with van der Waals surface area (Å²) < 4.78 is 1.52. The van der Waals surface area contributed by atoms with E-state index in [9.17, 15) is 19.2 Å². The predicted octanol–water partition coefficient (Wildman–Crippen LogP) is 2.06. The smallest absolute Gasteiger partial charge is 0.265 e. The van der Waals surface area contributed by atoms with Crippen LogP contribution in [0.1, 0.15) is 44.8 Å². The second-order valence-corrected chi connectivity index (χ2v) is 7.99. The fourth-order valence-electron chi connectivity index (χ4n) is 3.96. The lowest BCUT2D eigenvalue weighted by atomic mass is 10.1. The molecule has 0 atom stereocenters. The third-order valence-electron chi connectivity index (χ3n) is 5.59. The van der Waals surface area contributed by atoms with Gasteiger partial charge in [0.05, 0.1) is 16.8 Å². The summed E-state index contributed by atoms with van der Waals surface area (Å²) in [4.78, 5) is 51.6. The van der Waals surface area contributed by atoms with Gasteiger partial charge in [-0.2, -0.15) is 5.10 Å². The molecule has 1 aromatic carbocycles. The number of aryl methyl sites for hydroxylation is 2. The van der Waals surface area contributed by atoms with Crippen molar-refractivity contribution >= 4 is 41.3 Å². The molecule has 2 aliphatic rings. The summed E-state index contributed by atoms with van der Waals surface area (Å²) in [5, 5.41) is 7.37. The number of aromatic nitrogens is 2. The summed E-state index contributed by atoms with van der Waals surface area (Å²) in [6.45, 7) is 2.56. The zero-order chi connectivity index (χ0) is 23.0. The van der Waals surface area contributed by atoms with Crippen molar-refractivity contribution in [1.29, 1.82) is 0 Å². The van der Waals surface area contributed by atoms with E-state index in [1.54, 1.807) is 44.3 Å². The minimum atomic E-state index is -0.403. The van der Waals surface area contributed by atoms with Gasteiger partial charge in [0.25, 0.3) is 17.7 Å². The van der Waals surface area contributed by atoms with E-state index in [1.807, 2.05) is 0 Å². The Bertz CT molecular complexity index is 1120. The molecule has 3 heterocycles. The van der Waals surface area contributed by atoms with Gasteiger partial charge >= 0.3 is 0 Å². The Hall–Kier alpha value is -3.46. The minimum Gasteiger partial charge on any atom is -0.274 e. The second-order valence-electron chi connectivity index (χ2n) is 7.64. The first kappa shape index (κ1) is 21.8. The molecule has 10 heteroatoms. The van der Waals surface area contributed by atoms with Crippen LogP contribution in [0.25, 0.3) is 6.08 Å². The van der Waals surface area contributed by atoms with Crippen LogP contribution >= 0.6 is 11.6 Å². The topological polar surface area (TPSA) is 95.8 Å². The Kier molecular flexibility index (Phi) is 5.84. The Labute approximate surface area is 189 Å². The second kappa shape index (κ2) is 8.58. The molecule has 166 valence electrons. The van der Waals surface area contributed by atoms with Crippen LogP contribution in [0.3, 0.4) is 0 Å². The first-order valence-electron chi connectivity index (χ1n) is 10.2. The van der Waals surface area contributed by atoms with Crippen molar-refractivity contribution in [3.63, 3.8) is 0 Å². The molecule has 4 amide bonds. The molecule has 32 heavy (non-hydrogen) atoms. The molecular formula is C22H22ClN5O4. The number of nitrogens with zero attached hydrogens (tertiary/aromatic N) is 5. The number of hydrazine groups is 1. The van der Waals surface area contributed by atoms with Crippen LogP contribution in [-0.2, 0) is 16.6 Å². The van der Waals surface area contributed by atoms with Gasteiger partial charge in [-0.1, -0.05) is 23.7 Å². The number of imide groups is 1. The van der Waals surface area contributed by atoms with Crippen molar-refractivity contribution in [2.75, 3.05) is 19.6 Å². The maximum Gasteiger partial charge on any atom is 0.265 e. The van der Waals surface area contributed by atoms with Gasteiger partial charge < -0.3 is 0 Å². The number of carbonyl (C=O) groups is 4. The first-order chi connectivity index (χ1) is 15.3. The predicted molar refractivity (Wildman–Crippen MR) is 116 cm³/mol.